The van der Waals surface area contributed by atoms with E-state index in [1.807, 2.05) is 42.4 Å². The molecule has 5 atom stereocenters. The second-order valence-corrected chi connectivity index (χ2v) is 9.64. The Hall–Kier alpha value is -2.57. The van der Waals surface area contributed by atoms with E-state index in [-0.39, 0.29) is 35.8 Å². The number of hydrogen-bond donors (Lipinski definition) is 1. The Morgan fingerprint density at radius 2 is 1.97 bits per heavy atom. The molecule has 3 aliphatic rings. The van der Waals surface area contributed by atoms with Crippen molar-refractivity contribution >= 4 is 28.4 Å². The fraction of sp³-hybridized carbons (Fsp3) is 0.417. The highest BCUT2D eigenvalue weighted by Crippen LogP contribution is 2.52. The first kappa shape index (κ1) is 19.1. The Morgan fingerprint density at radius 1 is 1.16 bits per heavy atom. The van der Waals surface area contributed by atoms with Gasteiger partial charge in [0.15, 0.2) is 0 Å². The number of rotatable bonds is 4. The standard InChI is InChI=1S/C24H24ClN3O3/c1-27-11-14-7-18(31-17-4-2-15(25)3-5-17)9-20(23(14)26-27)19-10-21(19)24(30)28-12-13-6-16(28)8-22(13)29/h2-5,7,9,11,13,16,19,21-22,29H,6,8,10,12H2,1H3/t13-,16-,19?,21+,22-/m0/s1. The third kappa shape index (κ3) is 3.29. The molecule has 1 saturated heterocycles. The number of piperidine rings is 1. The van der Waals surface area contributed by atoms with E-state index in [1.54, 1.807) is 16.8 Å². The highest BCUT2D eigenvalue weighted by molar-refractivity contribution is 6.30. The van der Waals surface area contributed by atoms with Gasteiger partial charge in [-0.1, -0.05) is 11.6 Å². The van der Waals surface area contributed by atoms with E-state index in [9.17, 15) is 9.90 Å². The van der Waals surface area contributed by atoms with Crippen LogP contribution >= 0.6 is 11.6 Å². The van der Waals surface area contributed by atoms with Gasteiger partial charge in [0.1, 0.15) is 11.5 Å². The van der Waals surface area contributed by atoms with Crippen LogP contribution in [0.5, 0.6) is 11.5 Å². The summed E-state index contributed by atoms with van der Waals surface area (Å²) in [4.78, 5) is 15.2. The smallest absolute Gasteiger partial charge is 0.226 e. The lowest BCUT2D eigenvalue weighted by molar-refractivity contribution is -0.135. The number of ether oxygens (including phenoxy) is 1. The maximum absolute atomic E-state index is 13.2. The Labute approximate surface area is 185 Å². The summed E-state index contributed by atoms with van der Waals surface area (Å²) in [6.07, 6.45) is 4.25. The third-order valence-corrected chi connectivity index (χ3v) is 7.32. The summed E-state index contributed by atoms with van der Waals surface area (Å²) in [5.74, 6) is 2.09. The fourth-order valence-corrected chi connectivity index (χ4v) is 5.58. The number of halogens is 1. The zero-order valence-corrected chi connectivity index (χ0v) is 18.0. The Bertz CT molecular complexity index is 1170. The molecule has 1 amide bonds. The van der Waals surface area contributed by atoms with Crippen molar-refractivity contribution in [2.24, 2.45) is 18.9 Å². The van der Waals surface area contributed by atoms with Gasteiger partial charge in [-0.25, -0.2) is 0 Å². The number of aryl methyl sites for hydroxylation is 1. The first-order chi connectivity index (χ1) is 15.0. The lowest BCUT2D eigenvalue weighted by atomic mass is 10.0. The first-order valence-corrected chi connectivity index (χ1v) is 11.2. The van der Waals surface area contributed by atoms with E-state index in [2.05, 4.69) is 5.10 Å². The van der Waals surface area contributed by atoms with Crippen LogP contribution in [0.25, 0.3) is 10.9 Å². The van der Waals surface area contributed by atoms with Crippen molar-refractivity contribution in [2.45, 2.75) is 37.3 Å². The number of nitrogens with zero attached hydrogens (tertiary/aromatic N) is 3. The summed E-state index contributed by atoms with van der Waals surface area (Å²) in [7, 11) is 1.91. The average molecular weight is 438 g/mol. The molecule has 2 aliphatic carbocycles. The molecule has 2 heterocycles. The number of hydrogen-bond acceptors (Lipinski definition) is 4. The summed E-state index contributed by atoms with van der Waals surface area (Å²) in [5, 5.41) is 16.4. The SMILES string of the molecule is Cn1cc2cc(Oc3ccc(Cl)cc3)cc(C3C[C@H]3C(=O)N3C[C@@H]4C[C@H]3C[C@@H]4O)c2n1. The van der Waals surface area contributed by atoms with E-state index < -0.39 is 0 Å². The van der Waals surface area contributed by atoms with Crippen molar-refractivity contribution in [3.05, 3.63) is 53.2 Å². The predicted molar refractivity (Wildman–Crippen MR) is 117 cm³/mol. The van der Waals surface area contributed by atoms with Crippen LogP contribution in [0.4, 0.5) is 0 Å². The van der Waals surface area contributed by atoms with E-state index in [0.717, 1.165) is 41.5 Å². The summed E-state index contributed by atoms with van der Waals surface area (Å²) in [5.41, 5.74) is 2.01. The van der Waals surface area contributed by atoms with Gasteiger partial charge in [0.05, 0.1) is 11.6 Å². The lowest BCUT2D eigenvalue weighted by Gasteiger charge is -2.29. The minimum atomic E-state index is -0.237. The van der Waals surface area contributed by atoms with Crippen LogP contribution in [0.1, 0.15) is 30.7 Å². The van der Waals surface area contributed by atoms with Crippen molar-refractivity contribution in [3.8, 4) is 11.5 Å². The van der Waals surface area contributed by atoms with Gasteiger partial charge in [0.2, 0.25) is 5.91 Å². The van der Waals surface area contributed by atoms with Gasteiger partial charge in [0, 0.05) is 48.1 Å². The van der Waals surface area contributed by atoms with E-state index >= 15 is 0 Å². The molecule has 3 fully saturated rings. The van der Waals surface area contributed by atoms with Crippen LogP contribution in [0, 0.1) is 11.8 Å². The molecule has 160 valence electrons. The number of fused-ring (bicyclic) bond motifs is 3. The molecule has 1 unspecified atom stereocenters. The van der Waals surface area contributed by atoms with Crippen LogP contribution in [0.15, 0.2) is 42.6 Å². The van der Waals surface area contributed by atoms with Gasteiger partial charge in [-0.05, 0) is 67.1 Å². The van der Waals surface area contributed by atoms with Gasteiger partial charge in [-0.15, -0.1) is 0 Å². The number of likely N-dealkylation sites (tertiary alicyclic amines) is 1. The van der Waals surface area contributed by atoms with Crippen molar-refractivity contribution in [3.63, 3.8) is 0 Å². The number of aliphatic hydroxyl groups is 1. The molecular formula is C24H24ClN3O3. The second kappa shape index (κ2) is 6.97. The molecule has 0 spiro atoms. The lowest BCUT2D eigenvalue weighted by Crippen LogP contribution is -2.42. The second-order valence-electron chi connectivity index (χ2n) is 9.20. The van der Waals surface area contributed by atoms with Crippen LogP contribution in [0.2, 0.25) is 5.02 Å². The Balaban J connectivity index is 1.27. The number of amides is 1. The minimum Gasteiger partial charge on any atom is -0.457 e. The van der Waals surface area contributed by atoms with Crippen LogP contribution in [0.3, 0.4) is 0 Å². The molecule has 1 aromatic heterocycles. The molecule has 1 aliphatic heterocycles. The molecule has 31 heavy (non-hydrogen) atoms. The third-order valence-electron chi connectivity index (χ3n) is 7.07. The van der Waals surface area contributed by atoms with Gasteiger partial charge < -0.3 is 14.7 Å². The van der Waals surface area contributed by atoms with Crippen molar-refractivity contribution < 1.29 is 14.6 Å². The highest BCUT2D eigenvalue weighted by atomic mass is 35.5. The number of aromatic nitrogens is 2. The minimum absolute atomic E-state index is 0.00696. The first-order valence-electron chi connectivity index (χ1n) is 10.9. The number of aliphatic hydroxyl groups excluding tert-OH is 1. The zero-order valence-electron chi connectivity index (χ0n) is 17.2. The van der Waals surface area contributed by atoms with Crippen molar-refractivity contribution in [1.82, 2.24) is 14.7 Å². The molecular weight excluding hydrogens is 414 g/mol. The van der Waals surface area contributed by atoms with Gasteiger partial charge in [-0.2, -0.15) is 5.10 Å². The molecule has 2 bridgehead atoms. The maximum Gasteiger partial charge on any atom is 0.226 e. The summed E-state index contributed by atoms with van der Waals surface area (Å²) >= 11 is 5.99. The number of carbonyl (C=O) groups is 1. The molecule has 1 N–H and O–H groups in total. The summed E-state index contributed by atoms with van der Waals surface area (Å²) < 4.78 is 7.90. The zero-order chi connectivity index (χ0) is 21.3. The monoisotopic (exact) mass is 437 g/mol. The molecule has 2 aromatic carbocycles. The topological polar surface area (TPSA) is 67.6 Å². The van der Waals surface area contributed by atoms with E-state index in [1.165, 1.54) is 0 Å². The molecule has 7 heteroatoms. The van der Waals surface area contributed by atoms with Crippen molar-refractivity contribution in [1.29, 1.82) is 0 Å². The normalized spacial score (nSPS) is 29.0. The van der Waals surface area contributed by atoms with E-state index in [4.69, 9.17) is 16.3 Å². The van der Waals surface area contributed by atoms with Crippen LogP contribution in [-0.4, -0.2) is 44.4 Å². The highest BCUT2D eigenvalue weighted by Gasteiger charge is 2.52. The molecule has 3 aromatic rings. The molecule has 6 rings (SSSR count). The summed E-state index contributed by atoms with van der Waals surface area (Å²) in [6, 6.07) is 11.5. The molecule has 6 nitrogen and oxygen atoms in total. The number of carbonyl (C=O) groups excluding carboxylic acids is 1. The molecule has 0 radical (unpaired) electrons. The average Bonchev–Trinajstić information content (AvgIpc) is 3.08. The van der Waals surface area contributed by atoms with Crippen LogP contribution in [-0.2, 0) is 11.8 Å². The predicted octanol–water partition coefficient (Wildman–Crippen LogP) is 4.10. The van der Waals surface area contributed by atoms with Gasteiger partial charge in [0.25, 0.3) is 0 Å². The quantitative estimate of drug-likeness (QED) is 0.667. The number of benzene rings is 2. The Morgan fingerprint density at radius 3 is 2.68 bits per heavy atom. The van der Waals surface area contributed by atoms with E-state index in [0.29, 0.717) is 17.3 Å². The maximum atomic E-state index is 13.2. The fourth-order valence-electron chi connectivity index (χ4n) is 5.45. The summed E-state index contributed by atoms with van der Waals surface area (Å²) in [6.45, 7) is 0.701. The molecule has 2 saturated carbocycles. The van der Waals surface area contributed by atoms with Crippen molar-refractivity contribution in [2.75, 3.05) is 6.54 Å². The largest absolute Gasteiger partial charge is 0.457 e. The van der Waals surface area contributed by atoms with Crippen LogP contribution < -0.4 is 4.74 Å². The Kier molecular flexibility index (Phi) is 4.30. The van der Waals surface area contributed by atoms with Gasteiger partial charge in [-0.3, -0.25) is 9.48 Å². The van der Waals surface area contributed by atoms with Gasteiger partial charge >= 0.3 is 0 Å².